The van der Waals surface area contributed by atoms with Crippen LogP contribution in [0.25, 0.3) is 0 Å². The minimum absolute atomic E-state index is 0.183. The van der Waals surface area contributed by atoms with Crippen LogP contribution in [-0.4, -0.2) is 29.8 Å². The smallest absolute Gasteiger partial charge is 0.0471 e. The van der Waals surface area contributed by atoms with Gasteiger partial charge in [0.1, 0.15) is 0 Å². The van der Waals surface area contributed by atoms with Gasteiger partial charge in [-0.3, -0.25) is 0 Å². The van der Waals surface area contributed by atoms with Gasteiger partial charge in [-0.1, -0.05) is 6.92 Å². The van der Waals surface area contributed by atoms with Crippen LogP contribution >= 0.6 is 0 Å². The van der Waals surface area contributed by atoms with Crippen LogP contribution in [-0.2, 0) is 0 Å². The van der Waals surface area contributed by atoms with Crippen LogP contribution < -0.4 is 11.1 Å². The first kappa shape index (κ1) is 11.0. The molecule has 1 aliphatic carbocycles. The molecule has 0 amide bonds. The van der Waals surface area contributed by atoms with Crippen LogP contribution in [0.4, 0.5) is 0 Å². The van der Waals surface area contributed by atoms with Gasteiger partial charge in [-0.15, -0.1) is 0 Å². The fourth-order valence-corrected chi connectivity index (χ4v) is 1.79. The molecule has 0 aromatic carbocycles. The van der Waals surface area contributed by atoms with Crippen LogP contribution in [0.5, 0.6) is 0 Å². The van der Waals surface area contributed by atoms with Gasteiger partial charge in [0.15, 0.2) is 0 Å². The average molecular weight is 186 g/mol. The van der Waals surface area contributed by atoms with Crippen molar-refractivity contribution in [2.45, 2.75) is 44.7 Å². The van der Waals surface area contributed by atoms with Crippen molar-refractivity contribution in [3.63, 3.8) is 0 Å². The first-order valence-electron chi connectivity index (χ1n) is 5.22. The molecule has 0 spiro atoms. The molecule has 4 N–H and O–H groups in total. The molecule has 3 heteroatoms. The zero-order valence-corrected chi connectivity index (χ0v) is 8.71. The lowest BCUT2D eigenvalue weighted by Gasteiger charge is -2.45. The molecule has 0 bridgehead atoms. The maximum atomic E-state index is 8.99. The van der Waals surface area contributed by atoms with Crippen LogP contribution in [0.3, 0.4) is 0 Å². The molecule has 1 saturated carbocycles. The Hall–Kier alpha value is -0.120. The van der Waals surface area contributed by atoms with Crippen LogP contribution in [0, 0.1) is 5.92 Å². The second kappa shape index (κ2) is 4.40. The number of nitrogens with two attached hydrogens (primary N) is 1. The Morgan fingerprint density at radius 3 is 2.38 bits per heavy atom. The predicted molar refractivity (Wildman–Crippen MR) is 54.5 cm³/mol. The van der Waals surface area contributed by atoms with Gasteiger partial charge in [-0.05, 0) is 32.1 Å². The van der Waals surface area contributed by atoms with E-state index in [2.05, 4.69) is 19.2 Å². The molecule has 13 heavy (non-hydrogen) atoms. The summed E-state index contributed by atoms with van der Waals surface area (Å²) in [6.07, 6.45) is 3.66. The fraction of sp³-hybridized carbons (Fsp3) is 1.00. The van der Waals surface area contributed by atoms with E-state index in [0.29, 0.717) is 12.0 Å². The molecule has 1 fully saturated rings. The van der Waals surface area contributed by atoms with Crippen molar-refractivity contribution in [3.8, 4) is 0 Å². The van der Waals surface area contributed by atoms with Gasteiger partial charge in [0.05, 0.1) is 0 Å². The third-order valence-electron chi connectivity index (χ3n) is 3.38. The Kier molecular flexibility index (Phi) is 3.71. The van der Waals surface area contributed by atoms with Gasteiger partial charge < -0.3 is 16.2 Å². The third-order valence-corrected chi connectivity index (χ3v) is 3.38. The molecular formula is C10H22N2O. The number of aliphatic hydroxyl groups is 1. The van der Waals surface area contributed by atoms with E-state index < -0.39 is 0 Å². The summed E-state index contributed by atoms with van der Waals surface area (Å²) in [6.45, 7) is 5.14. The maximum absolute atomic E-state index is 8.99. The molecule has 0 aromatic rings. The molecule has 3 nitrogen and oxygen atoms in total. The van der Waals surface area contributed by atoms with Crippen molar-refractivity contribution in [1.29, 1.82) is 0 Å². The Morgan fingerprint density at radius 2 is 2.08 bits per heavy atom. The minimum Gasteiger partial charge on any atom is -0.396 e. The first-order chi connectivity index (χ1) is 6.13. The standard InChI is InChI=1S/C10H22N2O/c1-8(6-13)9(2)12-10(7-11)4-3-5-10/h8-9,12-13H,3-7,11H2,1-2H3. The normalized spacial score (nSPS) is 24.9. The van der Waals surface area contributed by atoms with E-state index in [1.54, 1.807) is 0 Å². The van der Waals surface area contributed by atoms with Crippen LogP contribution in [0.15, 0.2) is 0 Å². The molecule has 0 saturated heterocycles. The summed E-state index contributed by atoms with van der Waals surface area (Å²) in [5.74, 6) is 0.309. The Labute approximate surface area is 80.7 Å². The van der Waals surface area contributed by atoms with E-state index in [9.17, 15) is 0 Å². The van der Waals surface area contributed by atoms with E-state index in [0.717, 1.165) is 6.54 Å². The lowest BCUT2D eigenvalue weighted by atomic mass is 9.76. The van der Waals surface area contributed by atoms with Crippen LogP contribution in [0.1, 0.15) is 33.1 Å². The molecule has 0 aliphatic heterocycles. The van der Waals surface area contributed by atoms with Gasteiger partial charge >= 0.3 is 0 Å². The lowest BCUT2D eigenvalue weighted by Crippen LogP contribution is -2.60. The Bertz CT molecular complexity index is 151. The van der Waals surface area contributed by atoms with Crippen molar-refractivity contribution in [2.75, 3.05) is 13.2 Å². The van der Waals surface area contributed by atoms with Crippen molar-refractivity contribution in [1.82, 2.24) is 5.32 Å². The van der Waals surface area contributed by atoms with Crippen molar-refractivity contribution in [3.05, 3.63) is 0 Å². The van der Waals surface area contributed by atoms with Gasteiger partial charge in [0.2, 0.25) is 0 Å². The zero-order valence-electron chi connectivity index (χ0n) is 8.71. The minimum atomic E-state index is 0.183. The highest BCUT2D eigenvalue weighted by Gasteiger charge is 2.36. The fourth-order valence-electron chi connectivity index (χ4n) is 1.79. The highest BCUT2D eigenvalue weighted by atomic mass is 16.3. The summed E-state index contributed by atoms with van der Waals surface area (Å²) in [5, 5.41) is 12.5. The molecule has 1 aliphatic rings. The molecule has 2 unspecified atom stereocenters. The number of nitrogens with one attached hydrogen (secondary N) is 1. The van der Waals surface area contributed by atoms with Gasteiger partial charge in [0, 0.05) is 24.7 Å². The molecule has 78 valence electrons. The topological polar surface area (TPSA) is 58.3 Å². The highest BCUT2D eigenvalue weighted by Crippen LogP contribution is 2.31. The quantitative estimate of drug-likeness (QED) is 0.585. The lowest BCUT2D eigenvalue weighted by molar-refractivity contribution is 0.133. The van der Waals surface area contributed by atoms with Gasteiger partial charge in [0.25, 0.3) is 0 Å². The number of hydrogen-bond donors (Lipinski definition) is 3. The van der Waals surface area contributed by atoms with E-state index in [1.165, 1.54) is 19.3 Å². The molecule has 0 aromatic heterocycles. The summed E-state index contributed by atoms with van der Waals surface area (Å²) in [4.78, 5) is 0. The number of rotatable bonds is 5. The summed E-state index contributed by atoms with van der Waals surface area (Å²) < 4.78 is 0. The van der Waals surface area contributed by atoms with Crippen molar-refractivity contribution < 1.29 is 5.11 Å². The SMILES string of the molecule is CC(CO)C(C)NC1(CN)CCC1. The predicted octanol–water partition coefficient (Wildman–Crippen LogP) is 0.474. The molecule has 0 radical (unpaired) electrons. The molecule has 1 rings (SSSR count). The van der Waals surface area contributed by atoms with Crippen LogP contribution in [0.2, 0.25) is 0 Å². The van der Waals surface area contributed by atoms with Crippen molar-refractivity contribution in [2.24, 2.45) is 11.7 Å². The van der Waals surface area contributed by atoms with E-state index >= 15 is 0 Å². The van der Waals surface area contributed by atoms with E-state index in [1.807, 2.05) is 0 Å². The number of hydrogen-bond acceptors (Lipinski definition) is 3. The van der Waals surface area contributed by atoms with E-state index in [4.69, 9.17) is 10.8 Å². The monoisotopic (exact) mass is 186 g/mol. The molecular weight excluding hydrogens is 164 g/mol. The highest BCUT2D eigenvalue weighted by molar-refractivity contribution is 4.98. The van der Waals surface area contributed by atoms with E-state index in [-0.39, 0.29) is 12.1 Å². The second-order valence-corrected chi connectivity index (χ2v) is 4.43. The Balaban J connectivity index is 2.37. The summed E-state index contributed by atoms with van der Waals surface area (Å²) in [6, 6.07) is 0.355. The Morgan fingerprint density at radius 1 is 1.46 bits per heavy atom. The van der Waals surface area contributed by atoms with Crippen molar-refractivity contribution >= 4 is 0 Å². The number of aliphatic hydroxyl groups excluding tert-OH is 1. The first-order valence-corrected chi connectivity index (χ1v) is 5.22. The summed E-state index contributed by atoms with van der Waals surface area (Å²) >= 11 is 0. The zero-order chi connectivity index (χ0) is 9.90. The second-order valence-electron chi connectivity index (χ2n) is 4.43. The largest absolute Gasteiger partial charge is 0.396 e. The van der Waals surface area contributed by atoms with Gasteiger partial charge in [-0.2, -0.15) is 0 Å². The average Bonchev–Trinajstić information content (AvgIpc) is 2.09. The third kappa shape index (κ3) is 2.42. The molecule has 0 heterocycles. The molecule has 2 atom stereocenters. The summed E-state index contributed by atoms with van der Waals surface area (Å²) in [7, 11) is 0. The maximum Gasteiger partial charge on any atom is 0.0471 e. The summed E-state index contributed by atoms with van der Waals surface area (Å²) in [5.41, 5.74) is 5.92. The van der Waals surface area contributed by atoms with Gasteiger partial charge in [-0.25, -0.2) is 0 Å².